The second-order valence-electron chi connectivity index (χ2n) is 6.47. The van der Waals surface area contributed by atoms with Crippen LogP contribution in [-0.4, -0.2) is 29.5 Å². The first-order valence-corrected chi connectivity index (χ1v) is 9.28. The predicted molar refractivity (Wildman–Crippen MR) is 107 cm³/mol. The third kappa shape index (κ3) is 4.71. The number of fused-ring (bicyclic) bond motifs is 1. The molecule has 0 bridgehead atoms. The molecule has 6 nitrogen and oxygen atoms in total. The number of para-hydroxylation sites is 2. The number of carbonyl (C=O) groups is 2. The van der Waals surface area contributed by atoms with Crippen LogP contribution in [0.3, 0.4) is 0 Å². The maximum absolute atomic E-state index is 12.7. The highest BCUT2D eigenvalue weighted by molar-refractivity contribution is 5.86. The lowest BCUT2D eigenvalue weighted by molar-refractivity contribution is -0.149. The summed E-state index contributed by atoms with van der Waals surface area (Å²) >= 11 is 0. The molecule has 2 aromatic carbocycles. The number of ether oxygens (including phenoxy) is 2. The summed E-state index contributed by atoms with van der Waals surface area (Å²) in [6.07, 6.45) is 2.20. The van der Waals surface area contributed by atoms with Gasteiger partial charge in [-0.2, -0.15) is 0 Å². The van der Waals surface area contributed by atoms with E-state index in [0.717, 1.165) is 22.0 Å². The second kappa shape index (κ2) is 9.08. The van der Waals surface area contributed by atoms with Gasteiger partial charge in [-0.25, -0.2) is 4.79 Å². The van der Waals surface area contributed by atoms with Gasteiger partial charge in [-0.1, -0.05) is 36.4 Å². The quantitative estimate of drug-likeness (QED) is 0.587. The van der Waals surface area contributed by atoms with Gasteiger partial charge in [-0.15, -0.1) is 0 Å². The van der Waals surface area contributed by atoms with Gasteiger partial charge in [0, 0.05) is 36.0 Å². The van der Waals surface area contributed by atoms with Crippen molar-refractivity contribution >= 4 is 22.8 Å². The van der Waals surface area contributed by atoms with Crippen molar-refractivity contribution in [3.63, 3.8) is 0 Å². The van der Waals surface area contributed by atoms with E-state index in [0.29, 0.717) is 18.8 Å². The van der Waals surface area contributed by atoms with Crippen molar-refractivity contribution in [3.05, 3.63) is 65.9 Å². The molecule has 2 N–H and O–H groups in total. The third-order valence-corrected chi connectivity index (χ3v) is 4.40. The molecule has 0 aliphatic carbocycles. The molecule has 3 aromatic rings. The van der Waals surface area contributed by atoms with Gasteiger partial charge in [0.05, 0.1) is 6.61 Å². The minimum Gasteiger partial charge on any atom is -0.493 e. The molecular formula is C22H24N2O4. The Bertz CT molecular complexity index is 964. The Kier molecular flexibility index (Phi) is 6.32. The summed E-state index contributed by atoms with van der Waals surface area (Å²) in [6.45, 7) is 3.90. The smallest absolute Gasteiger partial charge is 0.329 e. The van der Waals surface area contributed by atoms with E-state index >= 15 is 0 Å². The van der Waals surface area contributed by atoms with Gasteiger partial charge in [0.1, 0.15) is 18.4 Å². The van der Waals surface area contributed by atoms with Crippen LogP contribution in [0.25, 0.3) is 10.9 Å². The Hall–Kier alpha value is -3.28. The van der Waals surface area contributed by atoms with Crippen molar-refractivity contribution < 1.29 is 19.1 Å². The van der Waals surface area contributed by atoms with Crippen LogP contribution in [0.1, 0.15) is 25.0 Å². The van der Waals surface area contributed by atoms with Crippen molar-refractivity contribution in [1.82, 2.24) is 10.3 Å². The molecule has 0 unspecified atom stereocenters. The highest BCUT2D eigenvalue weighted by atomic mass is 16.5. The largest absolute Gasteiger partial charge is 0.493 e. The average molecular weight is 380 g/mol. The fourth-order valence-electron chi connectivity index (χ4n) is 3.13. The average Bonchev–Trinajstić information content (AvgIpc) is 3.09. The van der Waals surface area contributed by atoms with Crippen LogP contribution in [0.2, 0.25) is 0 Å². The number of amides is 1. The maximum Gasteiger partial charge on any atom is 0.329 e. The van der Waals surface area contributed by atoms with Crippen LogP contribution in [0, 0.1) is 0 Å². The minimum absolute atomic E-state index is 0.0823. The fourth-order valence-corrected chi connectivity index (χ4v) is 3.13. The number of aromatic nitrogens is 1. The molecule has 0 saturated carbocycles. The summed E-state index contributed by atoms with van der Waals surface area (Å²) in [5.74, 6) is -0.0752. The molecule has 1 aromatic heterocycles. The first-order valence-electron chi connectivity index (χ1n) is 9.28. The molecule has 0 aliphatic rings. The molecule has 0 spiro atoms. The van der Waals surface area contributed by atoms with Crippen LogP contribution >= 0.6 is 0 Å². The van der Waals surface area contributed by atoms with Crippen molar-refractivity contribution in [3.8, 4) is 5.75 Å². The number of hydrogen-bond donors (Lipinski definition) is 2. The van der Waals surface area contributed by atoms with E-state index in [9.17, 15) is 9.59 Å². The molecule has 1 atom stereocenters. The Labute approximate surface area is 163 Å². The molecule has 28 heavy (non-hydrogen) atoms. The molecular weight excluding hydrogens is 356 g/mol. The van der Waals surface area contributed by atoms with E-state index < -0.39 is 12.0 Å². The van der Waals surface area contributed by atoms with Crippen molar-refractivity contribution in [2.45, 2.75) is 32.9 Å². The van der Waals surface area contributed by atoms with Gasteiger partial charge in [0.15, 0.2) is 0 Å². The van der Waals surface area contributed by atoms with E-state index in [4.69, 9.17) is 9.47 Å². The van der Waals surface area contributed by atoms with Gasteiger partial charge < -0.3 is 19.8 Å². The zero-order valence-corrected chi connectivity index (χ0v) is 16.0. The number of carbonyl (C=O) groups excluding carboxylic acids is 2. The van der Waals surface area contributed by atoms with E-state index in [1.165, 1.54) is 6.92 Å². The Balaban J connectivity index is 1.72. The van der Waals surface area contributed by atoms with E-state index in [-0.39, 0.29) is 12.5 Å². The number of nitrogens with one attached hydrogen (secondary N) is 2. The normalized spacial score (nSPS) is 11.8. The van der Waals surface area contributed by atoms with Crippen LogP contribution in [0.5, 0.6) is 5.75 Å². The number of rotatable bonds is 8. The lowest BCUT2D eigenvalue weighted by atomic mass is 10.0. The molecule has 0 fully saturated rings. The Morgan fingerprint density at radius 2 is 1.82 bits per heavy atom. The summed E-state index contributed by atoms with van der Waals surface area (Å²) in [7, 11) is 0. The SMILES string of the molecule is CCOc1ccccc1COC(=O)[C@H](Cc1c[nH]c2ccccc12)NC(C)=O. The lowest BCUT2D eigenvalue weighted by Gasteiger charge is -2.17. The topological polar surface area (TPSA) is 80.4 Å². The maximum atomic E-state index is 12.7. The third-order valence-electron chi connectivity index (χ3n) is 4.40. The summed E-state index contributed by atoms with van der Waals surface area (Å²) in [5, 5.41) is 3.72. The first-order chi connectivity index (χ1) is 13.6. The summed E-state index contributed by atoms with van der Waals surface area (Å²) in [5.41, 5.74) is 2.71. The van der Waals surface area contributed by atoms with E-state index in [2.05, 4.69) is 10.3 Å². The van der Waals surface area contributed by atoms with Gasteiger partial charge in [-0.3, -0.25) is 4.79 Å². The van der Waals surface area contributed by atoms with Crippen molar-refractivity contribution in [2.75, 3.05) is 6.61 Å². The van der Waals surface area contributed by atoms with E-state index in [1.807, 2.05) is 61.7 Å². The molecule has 0 radical (unpaired) electrons. The standard InChI is InChI=1S/C22H24N2O4/c1-3-27-21-11-7-4-8-16(21)14-28-22(26)20(24-15(2)25)12-17-13-23-19-10-6-5-9-18(17)19/h4-11,13,20,23H,3,12,14H2,1-2H3,(H,24,25)/t20-/m0/s1. The molecule has 1 heterocycles. The summed E-state index contributed by atoms with van der Waals surface area (Å²) in [4.78, 5) is 27.5. The lowest BCUT2D eigenvalue weighted by Crippen LogP contribution is -2.42. The Morgan fingerprint density at radius 3 is 2.61 bits per heavy atom. The number of esters is 1. The number of aromatic amines is 1. The predicted octanol–water partition coefficient (Wildman–Crippen LogP) is 3.36. The van der Waals surface area contributed by atoms with Gasteiger partial charge in [-0.05, 0) is 24.6 Å². The van der Waals surface area contributed by atoms with Crippen LogP contribution in [0.4, 0.5) is 0 Å². The van der Waals surface area contributed by atoms with Crippen LogP contribution < -0.4 is 10.1 Å². The molecule has 1 amide bonds. The highest BCUT2D eigenvalue weighted by Crippen LogP contribution is 2.21. The molecule has 146 valence electrons. The van der Waals surface area contributed by atoms with Crippen LogP contribution in [-0.2, 0) is 27.4 Å². The number of hydrogen-bond acceptors (Lipinski definition) is 4. The molecule has 0 aliphatic heterocycles. The molecule has 6 heteroatoms. The fraction of sp³-hybridized carbons (Fsp3) is 0.273. The Morgan fingerprint density at radius 1 is 1.07 bits per heavy atom. The zero-order valence-electron chi connectivity index (χ0n) is 16.0. The summed E-state index contributed by atoms with van der Waals surface area (Å²) < 4.78 is 11.1. The molecule has 0 saturated heterocycles. The van der Waals surface area contributed by atoms with Gasteiger partial charge >= 0.3 is 5.97 Å². The number of benzene rings is 2. The van der Waals surface area contributed by atoms with E-state index in [1.54, 1.807) is 0 Å². The molecule has 3 rings (SSSR count). The zero-order chi connectivity index (χ0) is 19.9. The first kappa shape index (κ1) is 19.5. The van der Waals surface area contributed by atoms with Gasteiger partial charge in [0.25, 0.3) is 0 Å². The van der Waals surface area contributed by atoms with Crippen LogP contribution in [0.15, 0.2) is 54.7 Å². The monoisotopic (exact) mass is 380 g/mol. The van der Waals surface area contributed by atoms with Crippen molar-refractivity contribution in [2.24, 2.45) is 0 Å². The summed E-state index contributed by atoms with van der Waals surface area (Å²) in [6, 6.07) is 14.5. The van der Waals surface area contributed by atoms with Crippen molar-refractivity contribution in [1.29, 1.82) is 0 Å². The number of H-pyrrole nitrogens is 1. The second-order valence-corrected chi connectivity index (χ2v) is 6.47. The highest BCUT2D eigenvalue weighted by Gasteiger charge is 2.23. The minimum atomic E-state index is -0.768. The van der Waals surface area contributed by atoms with Gasteiger partial charge in [0.2, 0.25) is 5.91 Å².